The lowest BCUT2D eigenvalue weighted by Gasteiger charge is -2.28. The van der Waals surface area contributed by atoms with Gasteiger partial charge >= 0.3 is 6.18 Å². The Morgan fingerprint density at radius 3 is 2.51 bits per heavy atom. The number of aryl methyl sites for hydroxylation is 1. The van der Waals surface area contributed by atoms with Crippen LogP contribution in [0.2, 0.25) is 0 Å². The van der Waals surface area contributed by atoms with E-state index < -0.39 is 29.1 Å². The average Bonchev–Trinajstić information content (AvgIpc) is 3.37. The predicted molar refractivity (Wildman–Crippen MR) is 138 cm³/mol. The maximum Gasteiger partial charge on any atom is 0.433 e. The molecule has 2 aliphatic rings. The topological polar surface area (TPSA) is 92.7 Å². The Labute approximate surface area is 226 Å². The molecule has 0 bridgehead atoms. The van der Waals surface area contributed by atoms with Crippen LogP contribution in [0.4, 0.5) is 13.2 Å². The fourth-order valence-electron chi connectivity index (χ4n) is 4.94. The lowest BCUT2D eigenvalue weighted by molar-refractivity contribution is -0.142. The van der Waals surface area contributed by atoms with E-state index in [4.69, 9.17) is 4.74 Å². The molecule has 3 aromatic rings. The lowest BCUT2D eigenvalue weighted by Crippen LogP contribution is -2.41. The number of ether oxygens (including phenoxy) is 1. The summed E-state index contributed by atoms with van der Waals surface area (Å²) in [6.45, 7) is 8.01. The first kappa shape index (κ1) is 27.2. The summed E-state index contributed by atoms with van der Waals surface area (Å²) >= 11 is 1.21. The Balaban J connectivity index is 1.62. The number of fused-ring (bicyclic) bond motifs is 1. The van der Waals surface area contributed by atoms with Gasteiger partial charge in [0.2, 0.25) is 11.8 Å². The number of hydrogen-bond acceptors (Lipinski definition) is 7. The monoisotopic (exact) mass is 560 g/mol. The Bertz CT molecular complexity index is 1490. The smallest absolute Gasteiger partial charge is 0.378 e. The van der Waals surface area contributed by atoms with Crippen molar-refractivity contribution in [3.05, 3.63) is 46.1 Å². The van der Waals surface area contributed by atoms with Crippen molar-refractivity contribution < 1.29 is 32.3 Å². The molecule has 206 valence electrons. The summed E-state index contributed by atoms with van der Waals surface area (Å²) in [4.78, 5) is 51.0. The van der Waals surface area contributed by atoms with E-state index in [1.165, 1.54) is 35.4 Å². The van der Waals surface area contributed by atoms with Crippen molar-refractivity contribution in [2.24, 2.45) is 11.3 Å². The zero-order chi connectivity index (χ0) is 28.3. The van der Waals surface area contributed by atoms with Gasteiger partial charge in [0.15, 0.2) is 0 Å². The summed E-state index contributed by atoms with van der Waals surface area (Å²) in [7, 11) is 0. The number of amides is 3. The van der Waals surface area contributed by atoms with E-state index in [1.54, 1.807) is 31.7 Å². The van der Waals surface area contributed by atoms with Gasteiger partial charge in [0.05, 0.1) is 46.6 Å². The van der Waals surface area contributed by atoms with Crippen LogP contribution < -0.4 is 0 Å². The van der Waals surface area contributed by atoms with E-state index in [1.807, 2.05) is 0 Å². The average molecular weight is 561 g/mol. The van der Waals surface area contributed by atoms with Crippen LogP contribution in [0.3, 0.4) is 0 Å². The van der Waals surface area contributed by atoms with Gasteiger partial charge < -0.3 is 9.64 Å². The molecule has 0 aromatic carbocycles. The number of aromatic nitrogens is 2. The number of hydrogen-bond donors (Lipinski definition) is 0. The van der Waals surface area contributed by atoms with Gasteiger partial charge in [-0.25, -0.2) is 4.98 Å². The number of alkyl halides is 3. The van der Waals surface area contributed by atoms with Crippen molar-refractivity contribution in [2.45, 2.75) is 40.4 Å². The van der Waals surface area contributed by atoms with Crippen LogP contribution in [0.15, 0.2) is 24.4 Å². The molecule has 0 aliphatic carbocycles. The highest BCUT2D eigenvalue weighted by Crippen LogP contribution is 2.41. The molecule has 39 heavy (non-hydrogen) atoms. The zero-order valence-corrected chi connectivity index (χ0v) is 22.7. The number of carbonyl (C=O) groups is 3. The second-order valence-electron chi connectivity index (χ2n) is 10.4. The van der Waals surface area contributed by atoms with Gasteiger partial charge in [-0.2, -0.15) is 13.2 Å². The first-order valence-corrected chi connectivity index (χ1v) is 13.3. The molecular weight excluding hydrogens is 533 g/mol. The third kappa shape index (κ3) is 4.69. The minimum absolute atomic E-state index is 0.0283. The minimum Gasteiger partial charge on any atom is -0.378 e. The third-order valence-corrected chi connectivity index (χ3v) is 8.71. The number of nitrogens with zero attached hydrogens (tertiary/aromatic N) is 4. The molecule has 12 heteroatoms. The van der Waals surface area contributed by atoms with E-state index in [9.17, 15) is 27.6 Å². The summed E-state index contributed by atoms with van der Waals surface area (Å²) in [5, 5.41) is 0. The normalized spacial score (nSPS) is 19.8. The van der Waals surface area contributed by atoms with Crippen molar-refractivity contribution in [3.63, 3.8) is 0 Å². The third-order valence-electron chi connectivity index (χ3n) is 7.57. The first-order valence-electron chi connectivity index (χ1n) is 12.5. The molecule has 3 aromatic heterocycles. The molecule has 0 spiro atoms. The van der Waals surface area contributed by atoms with Gasteiger partial charge in [0.25, 0.3) is 5.91 Å². The molecule has 0 N–H and O–H groups in total. The molecule has 2 fully saturated rings. The highest BCUT2D eigenvalue weighted by molar-refractivity contribution is 7.19. The molecule has 2 aliphatic heterocycles. The van der Waals surface area contributed by atoms with E-state index >= 15 is 0 Å². The van der Waals surface area contributed by atoms with Crippen molar-refractivity contribution >= 4 is 39.3 Å². The molecule has 8 nitrogen and oxygen atoms in total. The van der Waals surface area contributed by atoms with E-state index in [2.05, 4.69) is 9.97 Å². The van der Waals surface area contributed by atoms with Crippen LogP contribution in [-0.2, 0) is 27.0 Å². The van der Waals surface area contributed by atoms with Gasteiger partial charge in [-0.1, -0.05) is 20.8 Å². The molecule has 0 saturated carbocycles. The quantitative estimate of drug-likeness (QED) is 0.430. The van der Waals surface area contributed by atoms with Crippen LogP contribution in [0.1, 0.15) is 47.3 Å². The van der Waals surface area contributed by atoms with Crippen LogP contribution in [0.25, 0.3) is 21.5 Å². The summed E-state index contributed by atoms with van der Waals surface area (Å²) in [5.74, 6) is -1.44. The van der Waals surface area contributed by atoms with Gasteiger partial charge in [0.1, 0.15) is 5.69 Å². The van der Waals surface area contributed by atoms with Crippen molar-refractivity contribution in [1.29, 1.82) is 0 Å². The molecule has 2 saturated heterocycles. The fraction of sp³-hybridized carbons (Fsp3) is 0.444. The first-order chi connectivity index (χ1) is 18.3. The Morgan fingerprint density at radius 2 is 1.90 bits per heavy atom. The number of rotatable bonds is 4. The summed E-state index contributed by atoms with van der Waals surface area (Å²) in [5.41, 5.74) is -0.952. The Hall–Kier alpha value is -3.38. The lowest BCUT2D eigenvalue weighted by atomic mass is 9.82. The SMILES string of the molecule is Cc1cc(C(F)(F)F)nc(-c2ccnc3cc(CN4C(=O)C(C)C(C)(C)C4=O)sc23)c1C(=O)N1CCOCC1. The highest BCUT2D eigenvalue weighted by atomic mass is 32.1. The molecule has 0 radical (unpaired) electrons. The number of carbonyl (C=O) groups excluding carboxylic acids is 3. The number of likely N-dealkylation sites (tertiary alicyclic amines) is 1. The van der Waals surface area contributed by atoms with Crippen LogP contribution in [-0.4, -0.2) is 63.8 Å². The largest absolute Gasteiger partial charge is 0.433 e. The van der Waals surface area contributed by atoms with Gasteiger partial charge in [-0.3, -0.25) is 24.3 Å². The van der Waals surface area contributed by atoms with Crippen molar-refractivity contribution in [3.8, 4) is 11.3 Å². The minimum atomic E-state index is -4.72. The molecule has 3 amide bonds. The number of morpholine rings is 1. The second kappa shape index (κ2) is 9.67. The summed E-state index contributed by atoms with van der Waals surface area (Å²) in [6.07, 6.45) is -3.27. The van der Waals surface area contributed by atoms with E-state index in [0.29, 0.717) is 47.0 Å². The maximum absolute atomic E-state index is 13.8. The van der Waals surface area contributed by atoms with Gasteiger partial charge in [-0.05, 0) is 30.7 Å². The van der Waals surface area contributed by atoms with E-state index in [-0.39, 0.29) is 35.2 Å². The van der Waals surface area contributed by atoms with Crippen LogP contribution in [0, 0.1) is 18.3 Å². The number of thiophene rings is 1. The van der Waals surface area contributed by atoms with Gasteiger partial charge in [-0.15, -0.1) is 11.3 Å². The highest BCUT2D eigenvalue weighted by Gasteiger charge is 2.51. The predicted octanol–water partition coefficient (Wildman–Crippen LogP) is 4.69. The Morgan fingerprint density at radius 1 is 1.21 bits per heavy atom. The zero-order valence-electron chi connectivity index (χ0n) is 21.9. The fourth-order valence-corrected chi connectivity index (χ4v) is 6.06. The van der Waals surface area contributed by atoms with Crippen molar-refractivity contribution in [2.75, 3.05) is 26.3 Å². The molecular formula is C27H27F3N4O4S. The number of imide groups is 1. The number of halogens is 3. The molecule has 5 heterocycles. The van der Waals surface area contributed by atoms with E-state index in [0.717, 1.165) is 6.07 Å². The molecule has 5 rings (SSSR count). The number of pyridine rings is 2. The van der Waals surface area contributed by atoms with Crippen LogP contribution in [0.5, 0.6) is 0 Å². The molecule has 1 atom stereocenters. The maximum atomic E-state index is 13.8. The van der Waals surface area contributed by atoms with Crippen molar-refractivity contribution in [1.82, 2.24) is 19.8 Å². The van der Waals surface area contributed by atoms with Gasteiger partial charge in [0, 0.05) is 35.6 Å². The second-order valence-corrected chi connectivity index (χ2v) is 11.5. The summed E-state index contributed by atoms with van der Waals surface area (Å²) in [6, 6.07) is 4.14. The standard InChI is InChI=1S/C27H27F3N4O4S/c1-14-11-19(27(28,29)30)32-21(20(14)24(36)33-7-9-38-10-8-33)17-5-6-31-18-12-16(39-22(17)18)13-34-23(35)15(2)26(3,4)25(34)37/h5-6,11-12,15H,7-10,13H2,1-4H3. The summed E-state index contributed by atoms with van der Waals surface area (Å²) < 4.78 is 47.3. The van der Waals surface area contributed by atoms with Crippen LogP contribution >= 0.6 is 11.3 Å². The Kier molecular flexibility index (Phi) is 6.74. The molecule has 1 unspecified atom stereocenters.